The predicted octanol–water partition coefficient (Wildman–Crippen LogP) is 1.71. The van der Waals surface area contributed by atoms with Crippen molar-refractivity contribution in [1.82, 2.24) is 9.78 Å². The lowest BCUT2D eigenvalue weighted by Gasteiger charge is -2.32. The zero-order valence-electron chi connectivity index (χ0n) is 13.9. The van der Waals surface area contributed by atoms with Gasteiger partial charge in [-0.05, 0) is 37.3 Å². The number of hydrogen-bond acceptors (Lipinski definition) is 5. The van der Waals surface area contributed by atoms with Gasteiger partial charge in [-0.1, -0.05) is 18.2 Å². The molecule has 6 heteroatoms. The first-order valence-electron chi connectivity index (χ1n) is 8.61. The standard InChI is InChI=1S/C18H24N4O2/c1-10-3-2-4-12-13(7-8-20-16(10)12)18(24)22-15-9-11(23)5-6-14(15)17(19)21-22/h2-4,11,13,18,20,23-24H,5-9H2,1H3,(H2,19,21). The lowest BCUT2D eigenvalue weighted by Crippen LogP contribution is -2.29. The molecule has 0 fully saturated rings. The normalized spacial score (nSPS) is 24.0. The number of aliphatic hydroxyl groups excluding tert-OH is 2. The van der Waals surface area contributed by atoms with Gasteiger partial charge in [0.15, 0.2) is 6.23 Å². The monoisotopic (exact) mass is 328 g/mol. The molecule has 0 radical (unpaired) electrons. The van der Waals surface area contributed by atoms with Crippen molar-refractivity contribution in [2.45, 2.75) is 50.9 Å². The number of hydrogen-bond donors (Lipinski definition) is 4. The Balaban J connectivity index is 1.74. The number of nitrogen functional groups attached to an aromatic ring is 1. The van der Waals surface area contributed by atoms with Crippen LogP contribution in [0.15, 0.2) is 18.2 Å². The molecular formula is C18H24N4O2. The summed E-state index contributed by atoms with van der Waals surface area (Å²) in [4.78, 5) is 0. The highest BCUT2D eigenvalue weighted by Crippen LogP contribution is 2.40. The lowest BCUT2D eigenvalue weighted by molar-refractivity contribution is 0.0521. The molecule has 3 unspecified atom stereocenters. The molecule has 4 rings (SSSR count). The minimum Gasteiger partial charge on any atom is -0.393 e. The number of anilines is 2. The average Bonchev–Trinajstić information content (AvgIpc) is 2.90. The molecule has 128 valence electrons. The number of rotatable bonds is 2. The number of aryl methyl sites for hydroxylation is 1. The smallest absolute Gasteiger partial charge is 0.154 e. The molecule has 1 aliphatic heterocycles. The molecule has 2 heterocycles. The molecule has 0 saturated carbocycles. The van der Waals surface area contributed by atoms with E-state index in [1.54, 1.807) is 4.68 Å². The van der Waals surface area contributed by atoms with E-state index < -0.39 is 6.23 Å². The van der Waals surface area contributed by atoms with Gasteiger partial charge >= 0.3 is 0 Å². The first-order valence-corrected chi connectivity index (χ1v) is 8.61. The Kier molecular flexibility index (Phi) is 3.73. The number of nitrogens with zero attached hydrogens (tertiary/aromatic N) is 2. The number of fused-ring (bicyclic) bond motifs is 2. The van der Waals surface area contributed by atoms with Crippen LogP contribution >= 0.6 is 0 Å². The molecule has 0 amide bonds. The minimum atomic E-state index is -0.774. The first-order chi connectivity index (χ1) is 11.6. The Morgan fingerprint density at radius 2 is 2.21 bits per heavy atom. The van der Waals surface area contributed by atoms with Gasteiger partial charge in [-0.25, -0.2) is 4.68 Å². The van der Waals surface area contributed by atoms with Crippen molar-refractivity contribution in [1.29, 1.82) is 0 Å². The highest BCUT2D eigenvalue weighted by molar-refractivity contribution is 5.60. The summed E-state index contributed by atoms with van der Waals surface area (Å²) >= 11 is 0. The summed E-state index contributed by atoms with van der Waals surface area (Å²) in [5, 5.41) is 28.9. The summed E-state index contributed by atoms with van der Waals surface area (Å²) in [5.74, 6) is 0.443. The quantitative estimate of drug-likeness (QED) is 0.673. The van der Waals surface area contributed by atoms with E-state index in [1.807, 2.05) is 6.07 Å². The van der Waals surface area contributed by atoms with Gasteiger partial charge in [0.1, 0.15) is 5.82 Å². The molecule has 5 N–H and O–H groups in total. The number of para-hydroxylation sites is 1. The second-order valence-electron chi connectivity index (χ2n) is 6.93. The molecule has 2 aromatic rings. The number of benzene rings is 1. The fraction of sp³-hybridized carbons (Fsp3) is 0.500. The third-order valence-corrected chi connectivity index (χ3v) is 5.38. The Morgan fingerprint density at radius 3 is 3.04 bits per heavy atom. The van der Waals surface area contributed by atoms with E-state index in [9.17, 15) is 10.2 Å². The van der Waals surface area contributed by atoms with Crippen molar-refractivity contribution in [3.63, 3.8) is 0 Å². The van der Waals surface area contributed by atoms with E-state index >= 15 is 0 Å². The van der Waals surface area contributed by atoms with Gasteiger partial charge in [-0.3, -0.25) is 0 Å². The predicted molar refractivity (Wildman–Crippen MR) is 93.0 cm³/mol. The Morgan fingerprint density at radius 1 is 1.38 bits per heavy atom. The van der Waals surface area contributed by atoms with Crippen LogP contribution in [0.1, 0.15) is 47.4 Å². The Labute approximate surface area is 141 Å². The van der Waals surface area contributed by atoms with Crippen LogP contribution in [-0.2, 0) is 12.8 Å². The second kappa shape index (κ2) is 5.79. The molecule has 24 heavy (non-hydrogen) atoms. The van der Waals surface area contributed by atoms with Crippen LogP contribution in [0, 0.1) is 6.92 Å². The molecule has 1 aromatic carbocycles. The Hall–Kier alpha value is -2.05. The number of nitrogens with two attached hydrogens (primary N) is 1. The maximum Gasteiger partial charge on any atom is 0.154 e. The second-order valence-corrected chi connectivity index (χ2v) is 6.93. The highest BCUT2D eigenvalue weighted by Gasteiger charge is 2.33. The number of nitrogens with one attached hydrogen (secondary N) is 1. The van der Waals surface area contributed by atoms with E-state index in [0.29, 0.717) is 18.7 Å². The van der Waals surface area contributed by atoms with Gasteiger partial charge in [0, 0.05) is 35.8 Å². The zero-order valence-corrected chi connectivity index (χ0v) is 13.9. The van der Waals surface area contributed by atoms with Gasteiger partial charge in [-0.2, -0.15) is 5.10 Å². The van der Waals surface area contributed by atoms with Crippen LogP contribution in [0.25, 0.3) is 0 Å². The molecule has 6 nitrogen and oxygen atoms in total. The van der Waals surface area contributed by atoms with Crippen molar-refractivity contribution in [3.05, 3.63) is 40.6 Å². The van der Waals surface area contributed by atoms with Crippen molar-refractivity contribution in [2.24, 2.45) is 0 Å². The number of aliphatic hydroxyl groups is 2. The average molecular weight is 328 g/mol. The topological polar surface area (TPSA) is 96.3 Å². The SMILES string of the molecule is Cc1cccc2c1NCCC2C(O)n1nc(N)c2c1CC(O)CC2. The fourth-order valence-electron chi connectivity index (χ4n) is 4.10. The van der Waals surface area contributed by atoms with E-state index in [1.165, 1.54) is 5.56 Å². The van der Waals surface area contributed by atoms with Crippen LogP contribution in [0.5, 0.6) is 0 Å². The minimum absolute atomic E-state index is 0.0383. The van der Waals surface area contributed by atoms with Gasteiger partial charge < -0.3 is 21.3 Å². The van der Waals surface area contributed by atoms with E-state index in [2.05, 4.69) is 29.5 Å². The summed E-state index contributed by atoms with van der Waals surface area (Å²) in [6.45, 7) is 2.89. The van der Waals surface area contributed by atoms with Crippen molar-refractivity contribution < 1.29 is 10.2 Å². The van der Waals surface area contributed by atoms with Crippen LogP contribution < -0.4 is 11.1 Å². The first kappa shape index (κ1) is 15.5. The van der Waals surface area contributed by atoms with Crippen molar-refractivity contribution >= 4 is 11.5 Å². The molecule has 0 bridgehead atoms. The molecule has 3 atom stereocenters. The highest BCUT2D eigenvalue weighted by atomic mass is 16.3. The van der Waals surface area contributed by atoms with Crippen molar-refractivity contribution in [3.8, 4) is 0 Å². The Bertz CT molecular complexity index is 771. The maximum absolute atomic E-state index is 11.1. The molecule has 0 spiro atoms. The third kappa shape index (κ3) is 2.37. The van der Waals surface area contributed by atoms with Crippen LogP contribution in [0.4, 0.5) is 11.5 Å². The summed E-state index contributed by atoms with van der Waals surface area (Å²) < 4.78 is 1.65. The van der Waals surface area contributed by atoms with Gasteiger partial charge in [0.05, 0.1) is 6.10 Å². The maximum atomic E-state index is 11.1. The van der Waals surface area contributed by atoms with Gasteiger partial charge in [0.2, 0.25) is 0 Å². The summed E-state index contributed by atoms with van der Waals surface area (Å²) in [7, 11) is 0. The largest absolute Gasteiger partial charge is 0.393 e. The van der Waals surface area contributed by atoms with Gasteiger partial charge in [-0.15, -0.1) is 0 Å². The molecule has 1 aromatic heterocycles. The summed E-state index contributed by atoms with van der Waals surface area (Å²) in [6, 6.07) is 6.17. The van der Waals surface area contributed by atoms with Crippen LogP contribution in [0.2, 0.25) is 0 Å². The summed E-state index contributed by atoms with van der Waals surface area (Å²) in [6.07, 6.45) is 1.59. The summed E-state index contributed by atoms with van der Waals surface area (Å²) in [5.41, 5.74) is 11.3. The van der Waals surface area contributed by atoms with Crippen molar-refractivity contribution in [2.75, 3.05) is 17.6 Å². The van der Waals surface area contributed by atoms with E-state index in [4.69, 9.17) is 5.73 Å². The van der Waals surface area contributed by atoms with Gasteiger partial charge in [0.25, 0.3) is 0 Å². The molecule has 0 saturated heterocycles. The van der Waals surface area contributed by atoms with E-state index in [-0.39, 0.29) is 12.0 Å². The molecule has 1 aliphatic carbocycles. The fourth-order valence-corrected chi connectivity index (χ4v) is 4.10. The zero-order chi connectivity index (χ0) is 16.8. The third-order valence-electron chi connectivity index (χ3n) is 5.38. The molecular weight excluding hydrogens is 304 g/mol. The van der Waals surface area contributed by atoms with E-state index in [0.717, 1.165) is 41.9 Å². The van der Waals surface area contributed by atoms with Crippen LogP contribution in [-0.4, -0.2) is 32.6 Å². The lowest BCUT2D eigenvalue weighted by atomic mass is 9.87. The molecule has 2 aliphatic rings. The number of aromatic nitrogens is 2. The van der Waals surface area contributed by atoms with Crippen LogP contribution in [0.3, 0.4) is 0 Å².